The van der Waals surface area contributed by atoms with E-state index in [1.165, 1.54) is 6.92 Å². The molecule has 1 nitrogen and oxygen atoms in total. The van der Waals surface area contributed by atoms with E-state index in [4.69, 9.17) is 0 Å². The van der Waals surface area contributed by atoms with E-state index in [1.54, 1.807) is 0 Å². The quantitative estimate of drug-likeness (QED) is 0.368. The van der Waals surface area contributed by atoms with E-state index in [1.807, 2.05) is 0 Å². The van der Waals surface area contributed by atoms with Crippen LogP contribution in [0, 0.1) is 11.5 Å². The first-order valence-corrected chi connectivity index (χ1v) is 6.45. The molecule has 0 aromatic rings. The van der Waals surface area contributed by atoms with Crippen molar-refractivity contribution in [2.24, 2.45) is 0 Å². The Bertz CT molecular complexity index is 166. The molecule has 0 fully saturated rings. The van der Waals surface area contributed by atoms with Crippen molar-refractivity contribution in [1.82, 2.24) is 0 Å². The van der Waals surface area contributed by atoms with Gasteiger partial charge in [0.1, 0.15) is 8.07 Å². The predicted molar refractivity (Wildman–Crippen MR) is 41.8 cm³/mol. The minimum absolute atomic E-state index is 0.0302. The molecule has 0 saturated carbocycles. The second-order valence-corrected chi connectivity index (χ2v) is 7.81. The van der Waals surface area contributed by atoms with Crippen molar-refractivity contribution in [3.8, 4) is 11.5 Å². The molecule has 0 heterocycles. The Labute approximate surface area is 57.5 Å². The molecular weight excluding hydrogens is 128 g/mol. The van der Waals surface area contributed by atoms with E-state index in [-0.39, 0.29) is 5.78 Å². The van der Waals surface area contributed by atoms with Crippen molar-refractivity contribution in [3.63, 3.8) is 0 Å². The minimum Gasteiger partial charge on any atom is -0.285 e. The fraction of sp³-hybridized carbons (Fsp3) is 0.571. The molecular formula is C7H12OSi. The summed E-state index contributed by atoms with van der Waals surface area (Å²) in [6, 6.07) is 0. The molecule has 50 valence electrons. The SMILES string of the molecule is CC(=O)C#C[Si](C)(C)C. The average molecular weight is 140 g/mol. The lowest BCUT2D eigenvalue weighted by Crippen LogP contribution is -2.16. The maximum Gasteiger partial charge on any atom is 0.201 e. The fourth-order valence-corrected chi connectivity index (χ4v) is 0.827. The first-order chi connectivity index (χ1) is 3.92. The average Bonchev–Trinajstić information content (AvgIpc) is 1.59. The minimum atomic E-state index is -1.30. The lowest BCUT2D eigenvalue weighted by Gasteiger charge is -2.01. The van der Waals surface area contributed by atoms with Crippen LogP contribution in [0.2, 0.25) is 19.6 Å². The maximum atomic E-state index is 10.3. The van der Waals surface area contributed by atoms with Gasteiger partial charge in [-0.1, -0.05) is 19.6 Å². The third kappa shape index (κ3) is 7.45. The van der Waals surface area contributed by atoms with Crippen LogP contribution in [0.15, 0.2) is 0 Å². The van der Waals surface area contributed by atoms with Crippen LogP contribution in [-0.2, 0) is 4.79 Å². The smallest absolute Gasteiger partial charge is 0.201 e. The van der Waals surface area contributed by atoms with E-state index in [0.717, 1.165) is 0 Å². The highest BCUT2D eigenvalue weighted by Gasteiger charge is 2.07. The highest BCUT2D eigenvalue weighted by Crippen LogP contribution is 1.95. The van der Waals surface area contributed by atoms with Crippen LogP contribution in [0.5, 0.6) is 0 Å². The second-order valence-electron chi connectivity index (χ2n) is 3.06. The number of hydrogen-bond donors (Lipinski definition) is 0. The summed E-state index contributed by atoms with van der Waals surface area (Å²) < 4.78 is 0. The third-order valence-electron chi connectivity index (χ3n) is 0.614. The van der Waals surface area contributed by atoms with E-state index >= 15 is 0 Å². The Kier molecular flexibility index (Phi) is 2.66. The number of ketones is 1. The zero-order valence-electron chi connectivity index (χ0n) is 6.41. The number of hydrogen-bond acceptors (Lipinski definition) is 1. The summed E-state index contributed by atoms with van der Waals surface area (Å²) in [5, 5.41) is 0. The maximum absolute atomic E-state index is 10.3. The van der Waals surface area contributed by atoms with Crippen molar-refractivity contribution in [2.45, 2.75) is 26.6 Å². The first kappa shape index (κ1) is 8.45. The molecule has 0 saturated heterocycles. The summed E-state index contributed by atoms with van der Waals surface area (Å²) in [6.45, 7) is 7.84. The van der Waals surface area contributed by atoms with Gasteiger partial charge in [0.05, 0.1) is 0 Å². The van der Waals surface area contributed by atoms with Gasteiger partial charge in [-0.15, -0.1) is 5.54 Å². The molecule has 0 radical (unpaired) electrons. The van der Waals surface area contributed by atoms with Crippen LogP contribution in [0.3, 0.4) is 0 Å². The molecule has 0 aliphatic rings. The molecule has 0 amide bonds. The Morgan fingerprint density at radius 3 is 1.89 bits per heavy atom. The number of rotatable bonds is 0. The van der Waals surface area contributed by atoms with Gasteiger partial charge in [-0.3, -0.25) is 4.79 Å². The van der Waals surface area contributed by atoms with Gasteiger partial charge in [-0.25, -0.2) is 0 Å². The number of Topliss-reactive ketones (excluding diaryl/α,β-unsaturated/α-hetero) is 1. The van der Waals surface area contributed by atoms with E-state index in [2.05, 4.69) is 31.1 Å². The summed E-state index contributed by atoms with van der Waals surface area (Å²) in [7, 11) is -1.30. The van der Waals surface area contributed by atoms with Gasteiger partial charge in [0.2, 0.25) is 5.78 Å². The van der Waals surface area contributed by atoms with Gasteiger partial charge >= 0.3 is 0 Å². The Hall–Kier alpha value is -0.553. The molecule has 0 aromatic carbocycles. The van der Waals surface area contributed by atoms with Crippen molar-refractivity contribution >= 4 is 13.9 Å². The third-order valence-corrected chi connectivity index (χ3v) is 1.49. The Morgan fingerprint density at radius 1 is 1.33 bits per heavy atom. The van der Waals surface area contributed by atoms with Gasteiger partial charge in [-0.05, 0) is 5.92 Å². The van der Waals surface area contributed by atoms with Gasteiger partial charge in [0, 0.05) is 6.92 Å². The summed E-state index contributed by atoms with van der Waals surface area (Å²) in [6.07, 6.45) is 0. The Balaban J connectivity index is 4.04. The molecule has 0 aliphatic heterocycles. The van der Waals surface area contributed by atoms with Crippen LogP contribution in [0.1, 0.15) is 6.92 Å². The zero-order chi connectivity index (χ0) is 7.49. The lowest BCUT2D eigenvalue weighted by molar-refractivity contribution is -0.111. The predicted octanol–water partition coefficient (Wildman–Crippen LogP) is 1.46. The van der Waals surface area contributed by atoms with Gasteiger partial charge in [0.25, 0.3) is 0 Å². The van der Waals surface area contributed by atoms with Crippen LogP contribution < -0.4 is 0 Å². The molecule has 9 heavy (non-hydrogen) atoms. The molecule has 0 spiro atoms. The summed E-state index contributed by atoms with van der Waals surface area (Å²) in [5.41, 5.74) is 2.96. The van der Waals surface area contributed by atoms with Crippen LogP contribution in [-0.4, -0.2) is 13.9 Å². The normalized spacial score (nSPS) is 9.78. The molecule has 0 aromatic heterocycles. The molecule has 0 aliphatic carbocycles. The standard InChI is InChI=1S/C7H12OSi/c1-7(8)5-6-9(2,3)4/h1-4H3. The highest BCUT2D eigenvalue weighted by atomic mass is 28.3. The van der Waals surface area contributed by atoms with Crippen LogP contribution >= 0.6 is 0 Å². The van der Waals surface area contributed by atoms with Gasteiger partial charge < -0.3 is 0 Å². The van der Waals surface area contributed by atoms with Crippen molar-refractivity contribution in [3.05, 3.63) is 0 Å². The number of carbonyl (C=O) groups is 1. The van der Waals surface area contributed by atoms with Crippen LogP contribution in [0.25, 0.3) is 0 Å². The monoisotopic (exact) mass is 140 g/mol. The van der Waals surface area contributed by atoms with Crippen LogP contribution in [0.4, 0.5) is 0 Å². The van der Waals surface area contributed by atoms with Crippen molar-refractivity contribution in [2.75, 3.05) is 0 Å². The first-order valence-electron chi connectivity index (χ1n) is 2.95. The van der Waals surface area contributed by atoms with Crippen molar-refractivity contribution in [1.29, 1.82) is 0 Å². The highest BCUT2D eigenvalue weighted by molar-refractivity contribution is 6.84. The molecule has 0 N–H and O–H groups in total. The fourth-order valence-electron chi connectivity index (χ4n) is 0.276. The summed E-state index contributed by atoms with van der Waals surface area (Å²) in [5.74, 6) is 2.53. The molecule has 0 atom stereocenters. The van der Waals surface area contributed by atoms with E-state index in [9.17, 15) is 4.79 Å². The molecule has 2 heteroatoms. The van der Waals surface area contributed by atoms with E-state index < -0.39 is 8.07 Å². The lowest BCUT2D eigenvalue weighted by atomic mass is 10.5. The number of carbonyl (C=O) groups excluding carboxylic acids is 1. The van der Waals surface area contributed by atoms with Gasteiger partial charge in [0.15, 0.2) is 0 Å². The molecule has 0 bridgehead atoms. The largest absolute Gasteiger partial charge is 0.285 e. The summed E-state index contributed by atoms with van der Waals surface area (Å²) >= 11 is 0. The van der Waals surface area contributed by atoms with Crippen molar-refractivity contribution < 1.29 is 4.79 Å². The zero-order valence-corrected chi connectivity index (χ0v) is 7.41. The van der Waals surface area contributed by atoms with Gasteiger partial charge in [-0.2, -0.15) is 0 Å². The topological polar surface area (TPSA) is 17.1 Å². The molecule has 0 rings (SSSR count). The molecule has 0 unspecified atom stereocenters. The Morgan fingerprint density at radius 2 is 1.78 bits per heavy atom. The second kappa shape index (κ2) is 2.84. The van der Waals surface area contributed by atoms with E-state index in [0.29, 0.717) is 0 Å². The summed E-state index contributed by atoms with van der Waals surface area (Å²) in [4.78, 5) is 10.3.